The monoisotopic (exact) mass is 296 g/mol. The minimum absolute atomic E-state index is 0. The SMILES string of the molecule is CCN(C(=O)CCC1CCNC1)c1ccc(C)cc1.Cl. The van der Waals surface area contributed by atoms with Gasteiger partial charge in [0.1, 0.15) is 0 Å². The van der Waals surface area contributed by atoms with Crippen LogP contribution in [0.4, 0.5) is 5.69 Å². The number of nitrogens with one attached hydrogen (secondary N) is 1. The maximum absolute atomic E-state index is 12.3. The Morgan fingerprint density at radius 3 is 2.60 bits per heavy atom. The fourth-order valence-electron chi connectivity index (χ4n) is 2.65. The summed E-state index contributed by atoms with van der Waals surface area (Å²) in [6, 6.07) is 8.19. The van der Waals surface area contributed by atoms with Crippen molar-refractivity contribution in [3.63, 3.8) is 0 Å². The highest BCUT2D eigenvalue weighted by Gasteiger charge is 2.18. The third-order valence-corrected chi connectivity index (χ3v) is 3.89. The summed E-state index contributed by atoms with van der Waals surface area (Å²) < 4.78 is 0. The van der Waals surface area contributed by atoms with Gasteiger partial charge in [-0.25, -0.2) is 0 Å². The van der Waals surface area contributed by atoms with Crippen molar-refractivity contribution >= 4 is 24.0 Å². The van der Waals surface area contributed by atoms with Crippen LogP contribution in [0.5, 0.6) is 0 Å². The Labute approximate surface area is 128 Å². The maximum atomic E-state index is 12.3. The van der Waals surface area contributed by atoms with Crippen molar-refractivity contribution in [3.8, 4) is 0 Å². The molecule has 0 saturated carbocycles. The quantitative estimate of drug-likeness (QED) is 0.905. The standard InChI is InChI=1S/C16H24N2O.ClH/c1-3-18(15-7-4-13(2)5-8-15)16(19)9-6-14-10-11-17-12-14;/h4-5,7-8,14,17H,3,6,9-12H2,1-2H3;1H. The summed E-state index contributed by atoms with van der Waals surface area (Å²) in [7, 11) is 0. The molecule has 4 heteroatoms. The molecule has 20 heavy (non-hydrogen) atoms. The second kappa shape index (κ2) is 8.28. The summed E-state index contributed by atoms with van der Waals surface area (Å²) in [5.41, 5.74) is 2.24. The molecule has 0 aromatic heterocycles. The lowest BCUT2D eigenvalue weighted by molar-refractivity contribution is -0.118. The Kier molecular flexibility index (Phi) is 7.03. The molecule has 0 bridgehead atoms. The number of hydrogen-bond donors (Lipinski definition) is 1. The number of halogens is 1. The Hall–Kier alpha value is -1.06. The molecule has 1 N–H and O–H groups in total. The van der Waals surface area contributed by atoms with E-state index < -0.39 is 0 Å². The second-order valence-electron chi connectivity index (χ2n) is 5.37. The molecule has 3 nitrogen and oxygen atoms in total. The van der Waals surface area contributed by atoms with Gasteiger partial charge in [0.05, 0.1) is 0 Å². The van der Waals surface area contributed by atoms with Gasteiger partial charge in [0.2, 0.25) is 5.91 Å². The molecule has 0 aliphatic carbocycles. The molecule has 1 heterocycles. The highest BCUT2D eigenvalue weighted by Crippen LogP contribution is 2.19. The molecule has 1 aliphatic heterocycles. The van der Waals surface area contributed by atoms with Crippen LogP contribution in [-0.2, 0) is 4.79 Å². The zero-order valence-corrected chi connectivity index (χ0v) is 13.2. The van der Waals surface area contributed by atoms with Gasteiger partial charge >= 0.3 is 0 Å². The Morgan fingerprint density at radius 2 is 2.05 bits per heavy atom. The fraction of sp³-hybridized carbons (Fsp3) is 0.562. The van der Waals surface area contributed by atoms with Gasteiger partial charge < -0.3 is 10.2 Å². The Morgan fingerprint density at radius 1 is 1.35 bits per heavy atom. The molecule has 1 aromatic carbocycles. The minimum Gasteiger partial charge on any atom is -0.316 e. The van der Waals surface area contributed by atoms with Gasteiger partial charge in [0, 0.05) is 18.7 Å². The van der Waals surface area contributed by atoms with Crippen LogP contribution in [0.1, 0.15) is 31.7 Å². The molecule has 1 unspecified atom stereocenters. The van der Waals surface area contributed by atoms with Crippen LogP contribution in [0, 0.1) is 12.8 Å². The number of nitrogens with zero attached hydrogens (tertiary/aromatic N) is 1. The van der Waals surface area contributed by atoms with E-state index >= 15 is 0 Å². The van der Waals surface area contributed by atoms with Crippen LogP contribution in [-0.4, -0.2) is 25.5 Å². The summed E-state index contributed by atoms with van der Waals surface area (Å²) in [4.78, 5) is 14.2. The molecule has 1 atom stereocenters. The average molecular weight is 297 g/mol. The number of hydrogen-bond acceptors (Lipinski definition) is 2. The van der Waals surface area contributed by atoms with Gasteiger partial charge in [-0.1, -0.05) is 17.7 Å². The lowest BCUT2D eigenvalue weighted by Crippen LogP contribution is -2.30. The molecular weight excluding hydrogens is 272 g/mol. The van der Waals surface area contributed by atoms with Crippen molar-refractivity contribution in [1.29, 1.82) is 0 Å². The minimum atomic E-state index is 0. The van der Waals surface area contributed by atoms with Gasteiger partial charge in [-0.15, -0.1) is 12.4 Å². The van der Waals surface area contributed by atoms with Gasteiger partial charge in [0.25, 0.3) is 0 Å². The first-order valence-corrected chi connectivity index (χ1v) is 7.28. The maximum Gasteiger partial charge on any atom is 0.226 e. The first-order chi connectivity index (χ1) is 9.20. The highest BCUT2D eigenvalue weighted by molar-refractivity contribution is 5.93. The van der Waals surface area contributed by atoms with E-state index in [0.29, 0.717) is 12.3 Å². The van der Waals surface area contributed by atoms with E-state index in [-0.39, 0.29) is 18.3 Å². The molecule has 1 aromatic rings. The van der Waals surface area contributed by atoms with Gasteiger partial charge in [-0.05, 0) is 57.8 Å². The van der Waals surface area contributed by atoms with E-state index in [4.69, 9.17) is 0 Å². The van der Waals surface area contributed by atoms with E-state index in [0.717, 1.165) is 31.7 Å². The van der Waals surface area contributed by atoms with Gasteiger partial charge in [-0.2, -0.15) is 0 Å². The number of amides is 1. The van der Waals surface area contributed by atoms with Crippen molar-refractivity contribution in [3.05, 3.63) is 29.8 Å². The summed E-state index contributed by atoms with van der Waals surface area (Å²) in [6.07, 6.45) is 2.88. The molecule has 0 radical (unpaired) electrons. The summed E-state index contributed by atoms with van der Waals surface area (Å²) in [5.74, 6) is 0.930. The molecule has 112 valence electrons. The molecule has 2 rings (SSSR count). The largest absolute Gasteiger partial charge is 0.316 e. The number of carbonyl (C=O) groups excluding carboxylic acids is 1. The second-order valence-corrected chi connectivity index (χ2v) is 5.37. The highest BCUT2D eigenvalue weighted by atomic mass is 35.5. The lowest BCUT2D eigenvalue weighted by Gasteiger charge is -2.22. The van der Waals surface area contributed by atoms with Crippen molar-refractivity contribution in [2.45, 2.75) is 33.1 Å². The summed E-state index contributed by atoms with van der Waals surface area (Å²) in [6.45, 7) is 7.02. The van der Waals surface area contributed by atoms with Crippen LogP contribution in [0.15, 0.2) is 24.3 Å². The predicted molar refractivity (Wildman–Crippen MR) is 86.7 cm³/mol. The van der Waals surface area contributed by atoms with Crippen molar-refractivity contribution in [1.82, 2.24) is 5.32 Å². The molecule has 1 amide bonds. The van der Waals surface area contributed by atoms with Crippen LogP contribution in [0.3, 0.4) is 0 Å². The number of anilines is 1. The normalized spacial score (nSPS) is 17.6. The number of aryl methyl sites for hydroxylation is 1. The summed E-state index contributed by atoms with van der Waals surface area (Å²) >= 11 is 0. The molecule has 1 saturated heterocycles. The smallest absolute Gasteiger partial charge is 0.226 e. The van der Waals surface area contributed by atoms with Crippen molar-refractivity contribution in [2.75, 3.05) is 24.5 Å². The van der Waals surface area contributed by atoms with Crippen molar-refractivity contribution in [2.24, 2.45) is 5.92 Å². The van der Waals surface area contributed by atoms with Crippen LogP contribution in [0.2, 0.25) is 0 Å². The Bertz CT molecular complexity index is 413. The lowest BCUT2D eigenvalue weighted by atomic mass is 10.0. The van der Waals surface area contributed by atoms with E-state index in [1.807, 2.05) is 24.0 Å². The zero-order valence-electron chi connectivity index (χ0n) is 12.4. The van der Waals surface area contributed by atoms with Gasteiger partial charge in [0.15, 0.2) is 0 Å². The number of benzene rings is 1. The topological polar surface area (TPSA) is 32.3 Å². The molecule has 1 aliphatic rings. The summed E-state index contributed by atoms with van der Waals surface area (Å²) in [5, 5.41) is 3.35. The molecular formula is C16H25ClN2O. The van der Waals surface area contributed by atoms with E-state index in [1.54, 1.807) is 0 Å². The van der Waals surface area contributed by atoms with Crippen LogP contribution >= 0.6 is 12.4 Å². The predicted octanol–water partition coefficient (Wildman–Crippen LogP) is 3.16. The van der Waals surface area contributed by atoms with Crippen LogP contribution < -0.4 is 10.2 Å². The first kappa shape index (κ1) is 17.0. The third-order valence-electron chi connectivity index (χ3n) is 3.89. The van der Waals surface area contributed by atoms with E-state index in [9.17, 15) is 4.79 Å². The number of carbonyl (C=O) groups is 1. The van der Waals surface area contributed by atoms with Crippen molar-refractivity contribution < 1.29 is 4.79 Å². The van der Waals surface area contributed by atoms with Gasteiger partial charge in [-0.3, -0.25) is 4.79 Å². The first-order valence-electron chi connectivity index (χ1n) is 7.28. The van der Waals surface area contributed by atoms with E-state index in [2.05, 4.69) is 24.4 Å². The van der Waals surface area contributed by atoms with Crippen LogP contribution in [0.25, 0.3) is 0 Å². The zero-order chi connectivity index (χ0) is 13.7. The molecule has 1 fully saturated rings. The Balaban J connectivity index is 0.00000200. The van der Waals surface area contributed by atoms with E-state index in [1.165, 1.54) is 12.0 Å². The third kappa shape index (κ3) is 4.50. The average Bonchev–Trinajstić information content (AvgIpc) is 2.92. The molecule has 0 spiro atoms. The number of rotatable bonds is 5. The fourth-order valence-corrected chi connectivity index (χ4v) is 2.65.